The van der Waals surface area contributed by atoms with Crippen LogP contribution in [0.2, 0.25) is 0 Å². The smallest absolute Gasteiger partial charge is 0.233 e. The number of unbranched alkanes of at least 4 members (excludes halogenated alkanes) is 1. The number of hydrogen-bond acceptors (Lipinski definition) is 2. The summed E-state index contributed by atoms with van der Waals surface area (Å²) in [6, 6.07) is 4.76. The van der Waals surface area contributed by atoms with Crippen LogP contribution in [0.3, 0.4) is 0 Å². The van der Waals surface area contributed by atoms with Gasteiger partial charge >= 0.3 is 0 Å². The summed E-state index contributed by atoms with van der Waals surface area (Å²) in [6.45, 7) is 3.31. The molecule has 0 fully saturated rings. The summed E-state index contributed by atoms with van der Waals surface area (Å²) < 4.78 is 14.2. The van der Waals surface area contributed by atoms with E-state index in [2.05, 4.69) is 33.5 Å². The summed E-state index contributed by atoms with van der Waals surface area (Å²) in [4.78, 5) is 11.4. The first-order valence-corrected chi connectivity index (χ1v) is 6.84. The molecule has 1 aromatic carbocycles. The molecule has 0 aliphatic heterocycles. The summed E-state index contributed by atoms with van der Waals surface area (Å²) in [5, 5.41) is 5.71. The topological polar surface area (TPSA) is 41.1 Å². The van der Waals surface area contributed by atoms with Gasteiger partial charge in [-0.15, -0.1) is 0 Å². The molecule has 2 N–H and O–H groups in total. The predicted octanol–water partition coefficient (Wildman–Crippen LogP) is 2.59. The van der Waals surface area contributed by atoms with E-state index in [-0.39, 0.29) is 18.3 Å². The van der Waals surface area contributed by atoms with Crippen LogP contribution >= 0.6 is 15.9 Å². The molecule has 0 aliphatic carbocycles. The number of nitrogens with one attached hydrogen (secondary N) is 2. The lowest BCUT2D eigenvalue weighted by atomic mass is 10.2. The first-order chi connectivity index (χ1) is 8.63. The third-order valence-corrected chi connectivity index (χ3v) is 2.95. The van der Waals surface area contributed by atoms with Crippen LogP contribution in [-0.2, 0) is 11.3 Å². The lowest BCUT2D eigenvalue weighted by Gasteiger charge is -2.07. The van der Waals surface area contributed by atoms with Crippen LogP contribution in [-0.4, -0.2) is 19.0 Å². The van der Waals surface area contributed by atoms with Gasteiger partial charge in [0.2, 0.25) is 5.91 Å². The molecule has 0 spiro atoms. The van der Waals surface area contributed by atoms with Gasteiger partial charge in [0.1, 0.15) is 5.82 Å². The molecule has 0 atom stereocenters. The van der Waals surface area contributed by atoms with Gasteiger partial charge in [-0.25, -0.2) is 4.39 Å². The van der Waals surface area contributed by atoms with Gasteiger partial charge in [-0.1, -0.05) is 29.3 Å². The van der Waals surface area contributed by atoms with E-state index in [1.165, 1.54) is 6.07 Å². The van der Waals surface area contributed by atoms with Crippen molar-refractivity contribution in [2.24, 2.45) is 0 Å². The number of benzene rings is 1. The van der Waals surface area contributed by atoms with Crippen LogP contribution in [0, 0.1) is 5.82 Å². The Morgan fingerprint density at radius 3 is 2.94 bits per heavy atom. The molecule has 5 heteroatoms. The molecule has 0 bridgehead atoms. The number of rotatable bonds is 7. The molecule has 0 heterocycles. The fraction of sp³-hybridized carbons (Fsp3) is 0.462. The Morgan fingerprint density at radius 2 is 2.22 bits per heavy atom. The van der Waals surface area contributed by atoms with Gasteiger partial charge in [0, 0.05) is 23.1 Å². The van der Waals surface area contributed by atoms with E-state index in [4.69, 9.17) is 0 Å². The first-order valence-electron chi connectivity index (χ1n) is 6.04. The van der Waals surface area contributed by atoms with Gasteiger partial charge in [-0.3, -0.25) is 4.79 Å². The highest BCUT2D eigenvalue weighted by atomic mass is 79.9. The van der Waals surface area contributed by atoms with E-state index < -0.39 is 0 Å². The summed E-state index contributed by atoms with van der Waals surface area (Å²) in [5.41, 5.74) is 0.547. The van der Waals surface area contributed by atoms with E-state index in [0.29, 0.717) is 18.7 Å². The highest BCUT2D eigenvalue weighted by Crippen LogP contribution is 2.15. The number of halogens is 2. The summed E-state index contributed by atoms with van der Waals surface area (Å²) >= 11 is 3.29. The fourth-order valence-corrected chi connectivity index (χ4v) is 1.87. The van der Waals surface area contributed by atoms with Crippen LogP contribution in [0.25, 0.3) is 0 Å². The van der Waals surface area contributed by atoms with Crippen LogP contribution < -0.4 is 10.6 Å². The van der Waals surface area contributed by atoms with Crippen LogP contribution in [0.1, 0.15) is 25.3 Å². The van der Waals surface area contributed by atoms with E-state index in [1.54, 1.807) is 12.1 Å². The van der Waals surface area contributed by atoms with Crippen molar-refractivity contribution in [3.63, 3.8) is 0 Å². The molecule has 0 saturated heterocycles. The predicted molar refractivity (Wildman–Crippen MR) is 73.7 cm³/mol. The molecule has 100 valence electrons. The molecule has 3 nitrogen and oxygen atoms in total. The van der Waals surface area contributed by atoms with E-state index in [0.717, 1.165) is 17.3 Å². The minimum Gasteiger partial charge on any atom is -0.355 e. The molecule has 1 rings (SSSR count). The van der Waals surface area contributed by atoms with Gasteiger partial charge in [0.25, 0.3) is 0 Å². The fourth-order valence-electron chi connectivity index (χ4n) is 1.46. The van der Waals surface area contributed by atoms with Crippen LogP contribution in [0.15, 0.2) is 22.7 Å². The second-order valence-electron chi connectivity index (χ2n) is 4.04. The third kappa shape index (κ3) is 5.60. The van der Waals surface area contributed by atoms with Crippen LogP contribution in [0.5, 0.6) is 0 Å². The zero-order valence-electron chi connectivity index (χ0n) is 10.4. The van der Waals surface area contributed by atoms with Crippen molar-refractivity contribution in [1.82, 2.24) is 10.6 Å². The Kier molecular flexibility index (Phi) is 6.90. The Bertz CT molecular complexity index is 399. The SMILES string of the molecule is CCCCNC(=O)CNCc1cc(Br)ccc1F. The van der Waals surface area contributed by atoms with Crippen molar-refractivity contribution in [3.05, 3.63) is 34.1 Å². The maximum absolute atomic E-state index is 13.4. The quantitative estimate of drug-likeness (QED) is 0.759. The van der Waals surface area contributed by atoms with Crippen molar-refractivity contribution in [3.8, 4) is 0 Å². The van der Waals surface area contributed by atoms with E-state index in [9.17, 15) is 9.18 Å². The van der Waals surface area contributed by atoms with Crippen molar-refractivity contribution in [2.75, 3.05) is 13.1 Å². The van der Waals surface area contributed by atoms with Crippen molar-refractivity contribution >= 4 is 21.8 Å². The van der Waals surface area contributed by atoms with Gasteiger partial charge in [0.05, 0.1) is 6.54 Å². The minimum absolute atomic E-state index is 0.0566. The number of amides is 1. The van der Waals surface area contributed by atoms with Gasteiger partial charge in [-0.05, 0) is 24.6 Å². The second-order valence-corrected chi connectivity index (χ2v) is 4.96. The summed E-state index contributed by atoms with van der Waals surface area (Å²) in [5.74, 6) is -0.323. The number of hydrogen-bond donors (Lipinski definition) is 2. The Hall–Kier alpha value is -0.940. The van der Waals surface area contributed by atoms with E-state index >= 15 is 0 Å². The lowest BCUT2D eigenvalue weighted by molar-refractivity contribution is -0.120. The average Bonchev–Trinajstić information content (AvgIpc) is 2.34. The van der Waals surface area contributed by atoms with Gasteiger partial charge in [-0.2, -0.15) is 0 Å². The molecule has 0 aliphatic rings. The minimum atomic E-state index is -0.267. The van der Waals surface area contributed by atoms with Crippen LogP contribution in [0.4, 0.5) is 4.39 Å². The molecule has 18 heavy (non-hydrogen) atoms. The van der Waals surface area contributed by atoms with Crippen molar-refractivity contribution in [1.29, 1.82) is 0 Å². The van der Waals surface area contributed by atoms with Crippen molar-refractivity contribution in [2.45, 2.75) is 26.3 Å². The molecule has 1 aromatic rings. The highest BCUT2D eigenvalue weighted by molar-refractivity contribution is 9.10. The normalized spacial score (nSPS) is 10.4. The van der Waals surface area contributed by atoms with Crippen molar-refractivity contribution < 1.29 is 9.18 Å². The average molecular weight is 317 g/mol. The molecular weight excluding hydrogens is 299 g/mol. The maximum Gasteiger partial charge on any atom is 0.233 e. The zero-order chi connectivity index (χ0) is 13.4. The third-order valence-electron chi connectivity index (χ3n) is 2.46. The molecule has 0 unspecified atom stereocenters. The lowest BCUT2D eigenvalue weighted by Crippen LogP contribution is -2.34. The standard InChI is InChI=1S/C13H18BrFN2O/c1-2-3-6-17-13(18)9-16-8-10-7-11(14)4-5-12(10)15/h4-5,7,16H,2-3,6,8-9H2,1H3,(H,17,18). The molecule has 0 aromatic heterocycles. The van der Waals surface area contributed by atoms with E-state index in [1.807, 2.05) is 0 Å². The monoisotopic (exact) mass is 316 g/mol. The molecule has 0 radical (unpaired) electrons. The number of carbonyl (C=O) groups excluding carboxylic acids is 1. The molecular formula is C13H18BrFN2O. The maximum atomic E-state index is 13.4. The summed E-state index contributed by atoms with van der Waals surface area (Å²) in [6.07, 6.45) is 2.03. The Balaban J connectivity index is 2.28. The second kappa shape index (κ2) is 8.21. The first kappa shape index (κ1) is 15.1. The number of carbonyl (C=O) groups is 1. The molecule has 0 saturated carbocycles. The largest absolute Gasteiger partial charge is 0.355 e. The highest BCUT2D eigenvalue weighted by Gasteiger charge is 2.04. The summed E-state index contributed by atoms with van der Waals surface area (Å²) in [7, 11) is 0. The molecule has 1 amide bonds. The zero-order valence-corrected chi connectivity index (χ0v) is 12.0. The Labute approximate surface area is 115 Å². The Morgan fingerprint density at radius 1 is 1.44 bits per heavy atom. The van der Waals surface area contributed by atoms with Gasteiger partial charge < -0.3 is 10.6 Å². The van der Waals surface area contributed by atoms with Gasteiger partial charge in [0.15, 0.2) is 0 Å².